The van der Waals surface area contributed by atoms with E-state index in [0.29, 0.717) is 12.3 Å². The van der Waals surface area contributed by atoms with E-state index in [0.717, 1.165) is 32.0 Å². The molecule has 0 aromatic rings. The van der Waals surface area contributed by atoms with Crippen molar-refractivity contribution in [2.75, 3.05) is 24.7 Å². The van der Waals surface area contributed by atoms with Gasteiger partial charge in [-0.05, 0) is 45.2 Å². The van der Waals surface area contributed by atoms with E-state index in [1.807, 2.05) is 0 Å². The van der Waals surface area contributed by atoms with Crippen LogP contribution in [0.3, 0.4) is 0 Å². The van der Waals surface area contributed by atoms with E-state index in [4.69, 9.17) is 11.6 Å². The third kappa shape index (κ3) is 4.39. The number of sulfonamides is 1. The summed E-state index contributed by atoms with van der Waals surface area (Å²) < 4.78 is 26.2. The molecule has 1 saturated carbocycles. The van der Waals surface area contributed by atoms with E-state index >= 15 is 0 Å². The van der Waals surface area contributed by atoms with Gasteiger partial charge in [0.05, 0.1) is 5.75 Å². The molecule has 6 heteroatoms. The highest BCUT2D eigenvalue weighted by Gasteiger charge is 2.32. The predicted octanol–water partition coefficient (Wildman–Crippen LogP) is 1.16. The Morgan fingerprint density at radius 2 is 1.82 bits per heavy atom. The Morgan fingerprint density at radius 1 is 1.18 bits per heavy atom. The second kappa shape index (κ2) is 5.87. The molecule has 100 valence electrons. The fraction of sp³-hybridized carbons (Fsp3) is 1.00. The molecule has 1 aliphatic heterocycles. The molecule has 2 rings (SSSR count). The minimum absolute atomic E-state index is 0.130. The smallest absolute Gasteiger partial charge is 0.211 e. The summed E-state index contributed by atoms with van der Waals surface area (Å²) in [6.45, 7) is 2.07. The summed E-state index contributed by atoms with van der Waals surface area (Å²) >= 11 is 5.51. The zero-order valence-corrected chi connectivity index (χ0v) is 11.6. The molecular formula is C11H21ClN2O2S. The lowest BCUT2D eigenvalue weighted by Crippen LogP contribution is -2.45. The van der Waals surface area contributed by atoms with Crippen molar-refractivity contribution in [3.63, 3.8) is 0 Å². The summed E-state index contributed by atoms with van der Waals surface area (Å²) in [5.74, 6) is 0.556. The molecule has 0 aromatic carbocycles. The Balaban J connectivity index is 1.73. The average Bonchev–Trinajstić information content (AvgIpc) is 3.11. The number of nitrogens with one attached hydrogen (secondary N) is 1. The third-order valence-electron chi connectivity index (χ3n) is 3.49. The molecule has 2 fully saturated rings. The van der Waals surface area contributed by atoms with Gasteiger partial charge in [-0.1, -0.05) is 0 Å². The number of piperidine rings is 1. The van der Waals surface area contributed by atoms with E-state index < -0.39 is 10.0 Å². The molecular weight excluding hydrogens is 260 g/mol. The van der Waals surface area contributed by atoms with Crippen LogP contribution in [0.25, 0.3) is 0 Å². The maximum Gasteiger partial charge on any atom is 0.211 e. The predicted molar refractivity (Wildman–Crippen MR) is 69.9 cm³/mol. The minimum Gasteiger partial charge on any atom is -0.300 e. The second-order valence-corrected chi connectivity index (χ2v) is 7.27. The van der Waals surface area contributed by atoms with Crippen molar-refractivity contribution in [3.05, 3.63) is 0 Å². The van der Waals surface area contributed by atoms with Crippen molar-refractivity contribution in [3.8, 4) is 0 Å². The normalized spacial score (nSPS) is 24.1. The Morgan fingerprint density at radius 3 is 2.35 bits per heavy atom. The summed E-state index contributed by atoms with van der Waals surface area (Å²) in [6, 6.07) is 0.925. The van der Waals surface area contributed by atoms with Gasteiger partial charge in [-0.2, -0.15) is 0 Å². The number of likely N-dealkylation sites (tertiary alicyclic amines) is 1. The Kier molecular flexibility index (Phi) is 4.69. The average molecular weight is 281 g/mol. The first-order valence-electron chi connectivity index (χ1n) is 6.41. The summed E-state index contributed by atoms with van der Waals surface area (Å²) in [4.78, 5) is 2.49. The Labute approximate surface area is 109 Å². The highest BCUT2D eigenvalue weighted by Crippen LogP contribution is 2.29. The van der Waals surface area contributed by atoms with E-state index in [9.17, 15) is 8.42 Å². The standard InChI is InChI=1S/C11H21ClN2O2S/c12-6-1-9-17(15,16)13-10-4-7-14(8-5-10)11-2-3-11/h10-11,13H,1-9H2. The van der Waals surface area contributed by atoms with Gasteiger partial charge >= 0.3 is 0 Å². The summed E-state index contributed by atoms with van der Waals surface area (Å²) in [7, 11) is -3.12. The molecule has 0 atom stereocenters. The summed E-state index contributed by atoms with van der Waals surface area (Å²) in [6.07, 6.45) is 5.06. The molecule has 0 radical (unpaired) electrons. The lowest BCUT2D eigenvalue weighted by atomic mass is 10.1. The second-order valence-electron chi connectivity index (χ2n) is 5.02. The fourth-order valence-corrected chi connectivity index (χ4v) is 4.06. The number of halogens is 1. The van der Waals surface area contributed by atoms with E-state index in [1.54, 1.807) is 0 Å². The quantitative estimate of drug-likeness (QED) is 0.743. The van der Waals surface area contributed by atoms with Crippen LogP contribution in [-0.4, -0.2) is 50.1 Å². The number of nitrogens with zero attached hydrogens (tertiary/aromatic N) is 1. The first-order chi connectivity index (χ1) is 8.11. The maximum absolute atomic E-state index is 11.7. The number of rotatable bonds is 6. The van der Waals surface area contributed by atoms with Gasteiger partial charge in [0.1, 0.15) is 0 Å². The van der Waals surface area contributed by atoms with Crippen molar-refractivity contribution in [1.29, 1.82) is 0 Å². The van der Waals surface area contributed by atoms with Gasteiger partial charge in [-0.15, -0.1) is 11.6 Å². The van der Waals surface area contributed by atoms with Crippen molar-refractivity contribution in [1.82, 2.24) is 9.62 Å². The van der Waals surface area contributed by atoms with Gasteiger partial charge in [-0.3, -0.25) is 0 Å². The molecule has 2 aliphatic rings. The zero-order chi connectivity index (χ0) is 12.3. The van der Waals surface area contributed by atoms with Crippen LogP contribution in [0, 0.1) is 0 Å². The SMILES string of the molecule is O=S(=O)(CCCCl)NC1CCN(C2CC2)CC1. The first kappa shape index (κ1) is 13.6. The summed E-state index contributed by atoms with van der Waals surface area (Å²) in [5, 5.41) is 0. The van der Waals surface area contributed by atoms with Crippen LogP contribution in [0.1, 0.15) is 32.1 Å². The monoisotopic (exact) mass is 280 g/mol. The molecule has 0 unspecified atom stereocenters. The van der Waals surface area contributed by atoms with Crippen molar-refractivity contribution < 1.29 is 8.42 Å². The van der Waals surface area contributed by atoms with E-state index in [-0.39, 0.29) is 11.8 Å². The molecule has 1 aliphatic carbocycles. The van der Waals surface area contributed by atoms with Crippen LogP contribution in [0.4, 0.5) is 0 Å². The minimum atomic E-state index is -3.12. The number of hydrogen-bond acceptors (Lipinski definition) is 3. The van der Waals surface area contributed by atoms with Crippen molar-refractivity contribution in [2.24, 2.45) is 0 Å². The van der Waals surface area contributed by atoms with Gasteiger partial charge in [0.15, 0.2) is 0 Å². The molecule has 4 nitrogen and oxygen atoms in total. The topological polar surface area (TPSA) is 49.4 Å². The molecule has 0 bridgehead atoms. The molecule has 0 amide bonds. The maximum atomic E-state index is 11.7. The highest BCUT2D eigenvalue weighted by molar-refractivity contribution is 7.89. The lowest BCUT2D eigenvalue weighted by molar-refractivity contribution is 0.199. The third-order valence-corrected chi connectivity index (χ3v) is 5.27. The van der Waals surface area contributed by atoms with Crippen LogP contribution in [-0.2, 0) is 10.0 Å². The number of hydrogen-bond donors (Lipinski definition) is 1. The molecule has 0 aromatic heterocycles. The van der Waals surface area contributed by atoms with Crippen LogP contribution >= 0.6 is 11.6 Å². The Hall–Kier alpha value is 0.160. The highest BCUT2D eigenvalue weighted by atomic mass is 35.5. The first-order valence-corrected chi connectivity index (χ1v) is 8.59. The van der Waals surface area contributed by atoms with Crippen molar-refractivity contribution >= 4 is 21.6 Å². The van der Waals surface area contributed by atoms with Crippen LogP contribution in [0.5, 0.6) is 0 Å². The summed E-state index contributed by atoms with van der Waals surface area (Å²) in [5.41, 5.74) is 0. The zero-order valence-electron chi connectivity index (χ0n) is 10.1. The fourth-order valence-electron chi connectivity index (χ4n) is 2.38. The largest absolute Gasteiger partial charge is 0.300 e. The molecule has 1 heterocycles. The van der Waals surface area contributed by atoms with Crippen LogP contribution in [0.2, 0.25) is 0 Å². The molecule has 17 heavy (non-hydrogen) atoms. The van der Waals surface area contributed by atoms with Gasteiger partial charge in [0, 0.05) is 18.0 Å². The van der Waals surface area contributed by atoms with Gasteiger partial charge in [0.2, 0.25) is 10.0 Å². The Bertz CT molecular complexity index is 335. The van der Waals surface area contributed by atoms with Crippen LogP contribution < -0.4 is 4.72 Å². The van der Waals surface area contributed by atoms with Gasteiger partial charge in [-0.25, -0.2) is 13.1 Å². The van der Waals surface area contributed by atoms with Gasteiger partial charge in [0.25, 0.3) is 0 Å². The lowest BCUT2D eigenvalue weighted by Gasteiger charge is -2.32. The van der Waals surface area contributed by atoms with E-state index in [1.165, 1.54) is 12.8 Å². The molecule has 1 N–H and O–H groups in total. The number of alkyl halides is 1. The van der Waals surface area contributed by atoms with Crippen molar-refractivity contribution in [2.45, 2.75) is 44.2 Å². The van der Waals surface area contributed by atoms with E-state index in [2.05, 4.69) is 9.62 Å². The molecule has 0 spiro atoms. The van der Waals surface area contributed by atoms with Crippen LogP contribution in [0.15, 0.2) is 0 Å². The van der Waals surface area contributed by atoms with Gasteiger partial charge < -0.3 is 4.90 Å². The molecule has 1 saturated heterocycles.